The van der Waals surface area contributed by atoms with E-state index in [1.807, 2.05) is 0 Å². The van der Waals surface area contributed by atoms with Crippen molar-refractivity contribution in [1.29, 1.82) is 0 Å². The SMILES string of the molecule is CCCCCCCCCCC(O)C1C2CCCCC21. The van der Waals surface area contributed by atoms with Crippen LogP contribution in [0.5, 0.6) is 0 Å². The van der Waals surface area contributed by atoms with E-state index < -0.39 is 0 Å². The molecule has 3 atom stereocenters. The molecule has 0 amide bonds. The summed E-state index contributed by atoms with van der Waals surface area (Å²) >= 11 is 0. The van der Waals surface area contributed by atoms with Gasteiger partial charge in [-0.15, -0.1) is 0 Å². The van der Waals surface area contributed by atoms with E-state index in [1.54, 1.807) is 0 Å². The monoisotopic (exact) mass is 266 g/mol. The zero-order valence-corrected chi connectivity index (χ0v) is 12.9. The molecule has 0 aromatic heterocycles. The Balaban J connectivity index is 1.43. The van der Waals surface area contributed by atoms with Crippen LogP contribution in [0, 0.1) is 17.8 Å². The fraction of sp³-hybridized carbons (Fsp3) is 1.00. The number of rotatable bonds is 10. The average Bonchev–Trinajstić information content (AvgIpc) is 3.16. The molecule has 0 aromatic rings. The molecule has 0 heterocycles. The molecule has 2 fully saturated rings. The Kier molecular flexibility index (Phi) is 6.70. The smallest absolute Gasteiger partial charge is 0.0573 e. The van der Waals surface area contributed by atoms with Gasteiger partial charge in [-0.1, -0.05) is 71.1 Å². The molecular formula is C18H34O. The molecule has 0 saturated heterocycles. The molecule has 2 rings (SSSR count). The summed E-state index contributed by atoms with van der Waals surface area (Å²) < 4.78 is 0. The van der Waals surface area contributed by atoms with Crippen LogP contribution in [0.15, 0.2) is 0 Å². The Labute approximate surface area is 120 Å². The molecule has 112 valence electrons. The number of hydrogen-bond donors (Lipinski definition) is 1. The van der Waals surface area contributed by atoms with Gasteiger partial charge in [0.05, 0.1) is 6.10 Å². The first-order valence-corrected chi connectivity index (χ1v) is 9.02. The van der Waals surface area contributed by atoms with Gasteiger partial charge in [-0.05, 0) is 37.0 Å². The maximum absolute atomic E-state index is 10.3. The predicted octanol–water partition coefficient (Wildman–Crippen LogP) is 5.31. The zero-order valence-electron chi connectivity index (χ0n) is 12.9. The average molecular weight is 266 g/mol. The van der Waals surface area contributed by atoms with Crippen LogP contribution < -0.4 is 0 Å². The highest BCUT2D eigenvalue weighted by Gasteiger charge is 2.53. The number of fused-ring (bicyclic) bond motifs is 1. The summed E-state index contributed by atoms with van der Waals surface area (Å²) in [5.74, 6) is 2.53. The van der Waals surface area contributed by atoms with Gasteiger partial charge in [-0.3, -0.25) is 0 Å². The van der Waals surface area contributed by atoms with Gasteiger partial charge >= 0.3 is 0 Å². The fourth-order valence-electron chi connectivity index (χ4n) is 4.30. The number of hydrogen-bond acceptors (Lipinski definition) is 1. The molecule has 0 bridgehead atoms. The van der Waals surface area contributed by atoms with Crippen LogP contribution in [0.2, 0.25) is 0 Å². The van der Waals surface area contributed by atoms with Crippen molar-refractivity contribution in [2.45, 2.75) is 96.5 Å². The van der Waals surface area contributed by atoms with E-state index in [4.69, 9.17) is 0 Å². The summed E-state index contributed by atoms with van der Waals surface area (Å²) in [7, 11) is 0. The molecule has 3 unspecified atom stereocenters. The molecule has 1 heteroatoms. The van der Waals surface area contributed by atoms with Crippen molar-refractivity contribution in [3.05, 3.63) is 0 Å². The van der Waals surface area contributed by atoms with Crippen LogP contribution in [0.3, 0.4) is 0 Å². The molecule has 0 spiro atoms. The quantitative estimate of drug-likeness (QED) is 0.531. The van der Waals surface area contributed by atoms with Gasteiger partial charge in [0.15, 0.2) is 0 Å². The lowest BCUT2D eigenvalue weighted by Gasteiger charge is -2.10. The van der Waals surface area contributed by atoms with E-state index in [9.17, 15) is 5.11 Å². The lowest BCUT2D eigenvalue weighted by molar-refractivity contribution is 0.127. The summed E-state index contributed by atoms with van der Waals surface area (Å²) in [6.07, 6.45) is 17.7. The van der Waals surface area contributed by atoms with Crippen LogP contribution in [0.25, 0.3) is 0 Å². The van der Waals surface area contributed by atoms with Crippen molar-refractivity contribution in [3.8, 4) is 0 Å². The zero-order chi connectivity index (χ0) is 13.5. The second kappa shape index (κ2) is 8.29. The van der Waals surface area contributed by atoms with E-state index in [0.717, 1.165) is 18.3 Å². The Morgan fingerprint density at radius 3 is 1.95 bits per heavy atom. The lowest BCUT2D eigenvalue weighted by atomic mass is 10.0. The molecule has 19 heavy (non-hydrogen) atoms. The topological polar surface area (TPSA) is 20.2 Å². The van der Waals surface area contributed by atoms with Gasteiger partial charge < -0.3 is 5.11 Å². The van der Waals surface area contributed by atoms with Gasteiger partial charge in [0, 0.05) is 0 Å². The second-order valence-corrected chi connectivity index (χ2v) is 7.02. The summed E-state index contributed by atoms with van der Waals surface area (Å²) in [5, 5.41) is 10.3. The van der Waals surface area contributed by atoms with Crippen LogP contribution in [0.1, 0.15) is 90.4 Å². The minimum absolute atomic E-state index is 0.0354. The third-order valence-corrected chi connectivity index (χ3v) is 5.52. The highest BCUT2D eigenvalue weighted by Crippen LogP contribution is 2.57. The van der Waals surface area contributed by atoms with Crippen molar-refractivity contribution >= 4 is 0 Å². The minimum Gasteiger partial charge on any atom is -0.393 e. The van der Waals surface area contributed by atoms with Gasteiger partial charge in [-0.2, -0.15) is 0 Å². The first-order valence-electron chi connectivity index (χ1n) is 9.02. The van der Waals surface area contributed by atoms with Gasteiger partial charge in [0.25, 0.3) is 0 Å². The third kappa shape index (κ3) is 4.77. The summed E-state index contributed by atoms with van der Waals surface area (Å²) in [4.78, 5) is 0. The molecule has 1 N–H and O–H groups in total. The number of aliphatic hydroxyl groups excluding tert-OH is 1. The standard InChI is InChI=1S/C18H34O/c1-2-3-4-5-6-7-8-9-14-17(19)18-15-12-10-11-13-16(15)18/h15-19H,2-14H2,1H3. The maximum atomic E-state index is 10.3. The van der Waals surface area contributed by atoms with Crippen LogP contribution in [-0.4, -0.2) is 11.2 Å². The first kappa shape index (κ1) is 15.4. The Bertz CT molecular complexity index is 226. The number of aliphatic hydroxyl groups is 1. The molecule has 2 aliphatic carbocycles. The largest absolute Gasteiger partial charge is 0.393 e. The Morgan fingerprint density at radius 1 is 0.842 bits per heavy atom. The van der Waals surface area contributed by atoms with Crippen LogP contribution >= 0.6 is 0 Å². The predicted molar refractivity (Wildman–Crippen MR) is 82.2 cm³/mol. The first-order chi connectivity index (χ1) is 9.34. The maximum Gasteiger partial charge on any atom is 0.0573 e. The van der Waals surface area contributed by atoms with Crippen molar-refractivity contribution in [2.75, 3.05) is 0 Å². The van der Waals surface area contributed by atoms with E-state index in [-0.39, 0.29) is 6.10 Å². The van der Waals surface area contributed by atoms with Crippen LogP contribution in [-0.2, 0) is 0 Å². The minimum atomic E-state index is 0.0354. The molecule has 0 radical (unpaired) electrons. The highest BCUT2D eigenvalue weighted by molar-refractivity contribution is 5.02. The summed E-state index contributed by atoms with van der Waals surface area (Å²) in [5.41, 5.74) is 0. The number of unbranched alkanes of at least 4 members (excludes halogenated alkanes) is 7. The third-order valence-electron chi connectivity index (χ3n) is 5.52. The highest BCUT2D eigenvalue weighted by atomic mass is 16.3. The van der Waals surface area contributed by atoms with Gasteiger partial charge in [-0.25, -0.2) is 0 Å². The van der Waals surface area contributed by atoms with E-state index in [2.05, 4.69) is 6.92 Å². The molecular weight excluding hydrogens is 232 g/mol. The normalized spacial score (nSPS) is 30.9. The molecule has 0 aromatic carbocycles. The van der Waals surface area contributed by atoms with Gasteiger partial charge in [0.1, 0.15) is 0 Å². The molecule has 1 nitrogen and oxygen atoms in total. The van der Waals surface area contributed by atoms with Crippen molar-refractivity contribution in [1.82, 2.24) is 0 Å². The molecule has 2 saturated carbocycles. The van der Waals surface area contributed by atoms with E-state index >= 15 is 0 Å². The van der Waals surface area contributed by atoms with Crippen molar-refractivity contribution in [3.63, 3.8) is 0 Å². The summed E-state index contributed by atoms with van der Waals surface area (Å²) in [6, 6.07) is 0. The van der Waals surface area contributed by atoms with Crippen LogP contribution in [0.4, 0.5) is 0 Å². The lowest BCUT2D eigenvalue weighted by Crippen LogP contribution is -2.11. The Morgan fingerprint density at radius 2 is 1.37 bits per heavy atom. The van der Waals surface area contributed by atoms with Crippen molar-refractivity contribution in [2.24, 2.45) is 17.8 Å². The second-order valence-electron chi connectivity index (χ2n) is 7.02. The van der Waals surface area contributed by atoms with Crippen molar-refractivity contribution < 1.29 is 5.11 Å². The van der Waals surface area contributed by atoms with Gasteiger partial charge in [0.2, 0.25) is 0 Å². The molecule has 0 aliphatic heterocycles. The van der Waals surface area contributed by atoms with E-state index in [1.165, 1.54) is 77.0 Å². The Hall–Kier alpha value is -0.0400. The summed E-state index contributed by atoms with van der Waals surface area (Å²) in [6.45, 7) is 2.27. The van der Waals surface area contributed by atoms with E-state index in [0.29, 0.717) is 5.92 Å². The molecule has 2 aliphatic rings. The fourth-order valence-corrected chi connectivity index (χ4v) is 4.30.